The first-order valence-corrected chi connectivity index (χ1v) is 9.96. The highest BCUT2D eigenvalue weighted by atomic mass is 32.2. The van der Waals surface area contributed by atoms with Crippen LogP contribution in [-0.4, -0.2) is 46.4 Å². The van der Waals surface area contributed by atoms with E-state index in [2.05, 4.69) is 11.9 Å². The molecule has 0 aromatic heterocycles. The lowest BCUT2D eigenvalue weighted by molar-refractivity contribution is 0.0960. The molecule has 0 unspecified atom stereocenters. The third-order valence-electron chi connectivity index (χ3n) is 4.02. The molecule has 0 aliphatic rings. The molecule has 2 aromatic rings. The first kappa shape index (κ1) is 21.5. The van der Waals surface area contributed by atoms with Crippen LogP contribution in [0, 0.1) is 0 Å². The second-order valence-electron chi connectivity index (χ2n) is 5.95. The number of benzene rings is 2. The number of amides is 1. The quantitative estimate of drug-likeness (QED) is 0.649. The number of hydrogen-bond acceptors (Lipinski definition) is 5. The number of sulfonamides is 1. The van der Waals surface area contributed by atoms with Crippen LogP contribution in [0.25, 0.3) is 0 Å². The molecule has 7 nitrogen and oxygen atoms in total. The van der Waals surface area contributed by atoms with Crippen LogP contribution in [0.15, 0.2) is 60.0 Å². The van der Waals surface area contributed by atoms with Gasteiger partial charge in [-0.3, -0.25) is 4.79 Å². The molecule has 0 aliphatic heterocycles. The van der Waals surface area contributed by atoms with E-state index in [0.29, 0.717) is 18.1 Å². The van der Waals surface area contributed by atoms with E-state index in [1.165, 1.54) is 43.7 Å². The van der Waals surface area contributed by atoms with Crippen molar-refractivity contribution in [2.75, 3.05) is 27.8 Å². The third-order valence-corrected chi connectivity index (χ3v) is 5.82. The van der Waals surface area contributed by atoms with Crippen LogP contribution in [0.5, 0.6) is 11.5 Å². The molecule has 0 radical (unpaired) electrons. The zero-order valence-electron chi connectivity index (χ0n) is 16.1. The van der Waals surface area contributed by atoms with Gasteiger partial charge in [0.05, 0.1) is 17.6 Å². The Kier molecular flexibility index (Phi) is 7.19. The lowest BCUT2D eigenvalue weighted by atomic mass is 10.2. The first-order chi connectivity index (χ1) is 13.3. The van der Waals surface area contributed by atoms with Crippen molar-refractivity contribution in [1.29, 1.82) is 0 Å². The Morgan fingerprint density at radius 3 is 2.64 bits per heavy atom. The second-order valence-corrected chi connectivity index (χ2v) is 7.99. The molecule has 8 heteroatoms. The average Bonchev–Trinajstić information content (AvgIpc) is 2.71. The van der Waals surface area contributed by atoms with Crippen molar-refractivity contribution in [3.8, 4) is 11.5 Å². The normalized spacial score (nSPS) is 11.1. The van der Waals surface area contributed by atoms with E-state index in [4.69, 9.17) is 9.47 Å². The van der Waals surface area contributed by atoms with Crippen molar-refractivity contribution < 1.29 is 22.7 Å². The monoisotopic (exact) mass is 404 g/mol. The summed E-state index contributed by atoms with van der Waals surface area (Å²) in [5.41, 5.74) is 0.923. The average molecular weight is 404 g/mol. The van der Waals surface area contributed by atoms with Gasteiger partial charge in [-0.2, -0.15) is 4.31 Å². The summed E-state index contributed by atoms with van der Waals surface area (Å²) in [5, 5.41) is 2.48. The minimum absolute atomic E-state index is 0.00784. The number of carbonyl (C=O) groups excluding carboxylic acids is 1. The predicted molar refractivity (Wildman–Crippen MR) is 107 cm³/mol. The summed E-state index contributed by atoms with van der Waals surface area (Å²) >= 11 is 0. The number of nitrogens with zero attached hydrogens (tertiary/aromatic N) is 1. The molecule has 0 fully saturated rings. The topological polar surface area (TPSA) is 84.9 Å². The summed E-state index contributed by atoms with van der Waals surface area (Å²) in [6.07, 6.45) is 1.64. The molecule has 0 heterocycles. The lowest BCUT2D eigenvalue weighted by Crippen LogP contribution is -2.27. The lowest BCUT2D eigenvalue weighted by Gasteiger charge is -2.19. The van der Waals surface area contributed by atoms with Crippen molar-refractivity contribution >= 4 is 15.9 Å². The summed E-state index contributed by atoms with van der Waals surface area (Å²) in [7, 11) is 0.556. The molecule has 2 aromatic carbocycles. The molecular weight excluding hydrogens is 380 g/mol. The number of rotatable bonds is 9. The molecule has 0 spiro atoms. The highest BCUT2D eigenvalue weighted by molar-refractivity contribution is 7.89. The minimum atomic E-state index is -3.82. The van der Waals surface area contributed by atoms with Gasteiger partial charge in [-0.05, 0) is 35.9 Å². The standard InChI is InChI=1S/C20H24N2O5S/c1-5-11-27-16-8-6-7-15(12-16)14-22(3)28(24,25)17-9-10-19(26-4)18(13-17)20(23)21-2/h5-10,12-13H,1,11,14H2,2-4H3,(H,21,23). The molecule has 2 rings (SSSR count). The van der Waals surface area contributed by atoms with Gasteiger partial charge in [0.1, 0.15) is 18.1 Å². The fraction of sp³-hybridized carbons (Fsp3) is 0.250. The Bertz CT molecular complexity index is 957. The molecule has 0 aliphatic carbocycles. The fourth-order valence-electron chi connectivity index (χ4n) is 2.57. The van der Waals surface area contributed by atoms with Crippen LogP contribution in [0.1, 0.15) is 15.9 Å². The zero-order chi connectivity index (χ0) is 20.7. The van der Waals surface area contributed by atoms with E-state index < -0.39 is 15.9 Å². The summed E-state index contributed by atoms with van der Waals surface area (Å²) in [6, 6.07) is 11.4. The van der Waals surface area contributed by atoms with Crippen LogP contribution in [-0.2, 0) is 16.6 Å². The van der Waals surface area contributed by atoms with Crippen LogP contribution in [0.3, 0.4) is 0 Å². The Hall–Kier alpha value is -2.84. The van der Waals surface area contributed by atoms with Gasteiger partial charge in [0.15, 0.2) is 0 Å². The van der Waals surface area contributed by atoms with Crippen LogP contribution in [0.2, 0.25) is 0 Å². The number of carbonyl (C=O) groups is 1. The highest BCUT2D eigenvalue weighted by Crippen LogP contribution is 2.25. The zero-order valence-corrected chi connectivity index (χ0v) is 17.0. The second kappa shape index (κ2) is 9.38. The van der Waals surface area contributed by atoms with Crippen molar-refractivity contribution in [2.45, 2.75) is 11.4 Å². The number of hydrogen-bond donors (Lipinski definition) is 1. The summed E-state index contributed by atoms with van der Waals surface area (Å²) in [6.45, 7) is 4.11. The maximum absolute atomic E-state index is 13.0. The molecule has 1 amide bonds. The SMILES string of the molecule is C=CCOc1cccc(CN(C)S(=O)(=O)c2ccc(OC)c(C(=O)NC)c2)c1. The first-order valence-electron chi connectivity index (χ1n) is 8.52. The summed E-state index contributed by atoms with van der Waals surface area (Å²) < 4.78 is 37.8. The van der Waals surface area contributed by atoms with Gasteiger partial charge < -0.3 is 14.8 Å². The van der Waals surface area contributed by atoms with Crippen molar-refractivity contribution in [3.63, 3.8) is 0 Å². The van der Waals surface area contributed by atoms with Crippen molar-refractivity contribution in [1.82, 2.24) is 9.62 Å². The van der Waals surface area contributed by atoms with E-state index in [0.717, 1.165) is 5.56 Å². The van der Waals surface area contributed by atoms with Gasteiger partial charge in [0.25, 0.3) is 5.91 Å². The summed E-state index contributed by atoms with van der Waals surface area (Å²) in [5.74, 6) is 0.506. The highest BCUT2D eigenvalue weighted by Gasteiger charge is 2.24. The third kappa shape index (κ3) is 4.90. The molecule has 0 saturated carbocycles. The Balaban J connectivity index is 2.29. The van der Waals surface area contributed by atoms with E-state index >= 15 is 0 Å². The van der Waals surface area contributed by atoms with Gasteiger partial charge in [-0.15, -0.1) is 0 Å². The van der Waals surface area contributed by atoms with Gasteiger partial charge in [-0.1, -0.05) is 24.8 Å². The molecular formula is C20H24N2O5S. The van der Waals surface area contributed by atoms with E-state index in [1.54, 1.807) is 24.3 Å². The number of methoxy groups -OCH3 is 1. The van der Waals surface area contributed by atoms with Crippen LogP contribution >= 0.6 is 0 Å². The van der Waals surface area contributed by atoms with Gasteiger partial charge in [0, 0.05) is 20.6 Å². The Labute approximate surface area is 165 Å². The minimum Gasteiger partial charge on any atom is -0.496 e. The number of ether oxygens (including phenoxy) is 2. The molecule has 28 heavy (non-hydrogen) atoms. The fourth-order valence-corrected chi connectivity index (χ4v) is 3.76. The maximum Gasteiger partial charge on any atom is 0.254 e. The summed E-state index contributed by atoms with van der Waals surface area (Å²) in [4.78, 5) is 12.0. The molecule has 150 valence electrons. The van der Waals surface area contributed by atoms with E-state index in [1.807, 2.05) is 6.07 Å². The predicted octanol–water partition coefficient (Wildman–Crippen LogP) is 2.44. The maximum atomic E-state index is 13.0. The Morgan fingerprint density at radius 2 is 2.00 bits per heavy atom. The van der Waals surface area contributed by atoms with Crippen LogP contribution < -0.4 is 14.8 Å². The largest absolute Gasteiger partial charge is 0.496 e. The van der Waals surface area contributed by atoms with Crippen LogP contribution in [0.4, 0.5) is 0 Å². The van der Waals surface area contributed by atoms with E-state index in [9.17, 15) is 13.2 Å². The van der Waals surface area contributed by atoms with Crippen molar-refractivity contribution in [3.05, 3.63) is 66.2 Å². The molecule has 0 saturated heterocycles. The molecule has 1 N–H and O–H groups in total. The molecule has 0 atom stereocenters. The van der Waals surface area contributed by atoms with Gasteiger partial charge in [0.2, 0.25) is 10.0 Å². The molecule has 0 bridgehead atoms. The van der Waals surface area contributed by atoms with E-state index in [-0.39, 0.29) is 17.0 Å². The number of nitrogens with one attached hydrogen (secondary N) is 1. The Morgan fingerprint density at radius 1 is 1.25 bits per heavy atom. The van der Waals surface area contributed by atoms with Crippen molar-refractivity contribution in [2.24, 2.45) is 0 Å². The van der Waals surface area contributed by atoms with Gasteiger partial charge >= 0.3 is 0 Å². The smallest absolute Gasteiger partial charge is 0.254 e. The van der Waals surface area contributed by atoms with Gasteiger partial charge in [-0.25, -0.2) is 8.42 Å².